The first kappa shape index (κ1) is 17.3. The Morgan fingerprint density at radius 3 is 2.92 bits per heavy atom. The molecule has 0 aliphatic rings. The quantitative estimate of drug-likeness (QED) is 0.498. The summed E-state index contributed by atoms with van der Waals surface area (Å²) >= 11 is 10.9. The van der Waals surface area contributed by atoms with Gasteiger partial charge in [0, 0.05) is 0 Å². The van der Waals surface area contributed by atoms with E-state index in [2.05, 4.69) is 15.3 Å². The minimum absolute atomic E-state index is 0.0413. The SMILES string of the molecule is FC(F)c1n[nH]c(=S)n1/N=C\c1ccc(COc2ccccc2Cl)o1. The molecule has 25 heavy (non-hydrogen) atoms. The number of aromatic amines is 1. The number of benzene rings is 1. The molecule has 2 aromatic heterocycles. The van der Waals surface area contributed by atoms with Crippen molar-refractivity contribution in [1.29, 1.82) is 0 Å². The molecule has 6 nitrogen and oxygen atoms in total. The summed E-state index contributed by atoms with van der Waals surface area (Å²) < 4.78 is 37.4. The Kier molecular flexibility index (Phi) is 5.25. The summed E-state index contributed by atoms with van der Waals surface area (Å²) in [6.07, 6.45) is -1.54. The number of ether oxygens (including phenoxy) is 1. The second kappa shape index (κ2) is 7.58. The van der Waals surface area contributed by atoms with Gasteiger partial charge in [-0.25, -0.2) is 13.9 Å². The van der Waals surface area contributed by atoms with E-state index in [-0.39, 0.29) is 11.4 Å². The number of furan rings is 1. The second-order valence-corrected chi connectivity index (χ2v) is 5.56. The summed E-state index contributed by atoms with van der Waals surface area (Å²) in [4.78, 5) is 0. The van der Waals surface area contributed by atoms with E-state index in [0.717, 1.165) is 4.68 Å². The lowest BCUT2D eigenvalue weighted by atomic mass is 10.3. The van der Waals surface area contributed by atoms with E-state index >= 15 is 0 Å². The molecule has 3 aromatic rings. The number of nitrogens with one attached hydrogen (secondary N) is 1. The molecular weight excluding hydrogens is 374 g/mol. The fourth-order valence-corrected chi connectivity index (χ4v) is 2.30. The van der Waals surface area contributed by atoms with Crippen LogP contribution in [-0.2, 0) is 6.61 Å². The van der Waals surface area contributed by atoms with E-state index in [0.29, 0.717) is 22.3 Å². The van der Waals surface area contributed by atoms with Crippen LogP contribution < -0.4 is 4.74 Å². The molecule has 1 aromatic carbocycles. The van der Waals surface area contributed by atoms with Crippen molar-refractivity contribution in [2.24, 2.45) is 5.10 Å². The van der Waals surface area contributed by atoms with Crippen molar-refractivity contribution in [3.63, 3.8) is 0 Å². The van der Waals surface area contributed by atoms with Gasteiger partial charge in [-0.3, -0.25) is 0 Å². The highest BCUT2D eigenvalue weighted by Crippen LogP contribution is 2.24. The molecule has 0 aliphatic heterocycles. The number of hydrogen-bond acceptors (Lipinski definition) is 5. The number of nitrogens with zero attached hydrogens (tertiary/aromatic N) is 3. The van der Waals surface area contributed by atoms with Crippen LogP contribution in [0, 0.1) is 4.77 Å². The van der Waals surface area contributed by atoms with E-state index < -0.39 is 12.2 Å². The van der Waals surface area contributed by atoms with Gasteiger partial charge >= 0.3 is 0 Å². The molecule has 0 saturated heterocycles. The summed E-state index contributed by atoms with van der Waals surface area (Å²) in [6, 6.07) is 10.4. The van der Waals surface area contributed by atoms with Gasteiger partial charge in [0.25, 0.3) is 6.43 Å². The molecule has 130 valence electrons. The van der Waals surface area contributed by atoms with Crippen molar-refractivity contribution in [3.05, 3.63) is 63.5 Å². The third-order valence-corrected chi connectivity index (χ3v) is 3.64. The molecule has 2 heterocycles. The Bertz CT molecular complexity index is 951. The van der Waals surface area contributed by atoms with Crippen molar-refractivity contribution in [2.75, 3.05) is 0 Å². The maximum atomic E-state index is 12.8. The van der Waals surface area contributed by atoms with Crippen LogP contribution in [0.3, 0.4) is 0 Å². The number of halogens is 3. The first-order valence-electron chi connectivity index (χ1n) is 7.00. The van der Waals surface area contributed by atoms with Crippen LogP contribution in [0.2, 0.25) is 5.02 Å². The lowest BCUT2D eigenvalue weighted by molar-refractivity contribution is 0.136. The van der Waals surface area contributed by atoms with Crippen LogP contribution in [0.25, 0.3) is 0 Å². The molecule has 1 N–H and O–H groups in total. The average molecular weight is 385 g/mol. The average Bonchev–Trinajstić information content (AvgIpc) is 3.18. The van der Waals surface area contributed by atoms with E-state index in [1.54, 1.807) is 36.4 Å². The predicted octanol–water partition coefficient (Wildman–Crippen LogP) is 4.59. The molecule has 0 fully saturated rings. The molecule has 0 saturated carbocycles. The van der Waals surface area contributed by atoms with E-state index in [1.165, 1.54) is 6.21 Å². The molecule has 10 heteroatoms. The number of alkyl halides is 2. The summed E-state index contributed by atoms with van der Waals surface area (Å²) in [6.45, 7) is 0.158. The van der Waals surface area contributed by atoms with Gasteiger partial charge < -0.3 is 9.15 Å². The minimum atomic E-state index is -2.80. The summed E-state index contributed by atoms with van der Waals surface area (Å²) in [5, 5.41) is 10.0. The van der Waals surface area contributed by atoms with Gasteiger partial charge in [0.05, 0.1) is 11.2 Å². The molecule has 0 radical (unpaired) electrons. The highest BCUT2D eigenvalue weighted by atomic mass is 35.5. The summed E-state index contributed by atoms with van der Waals surface area (Å²) in [7, 11) is 0. The summed E-state index contributed by atoms with van der Waals surface area (Å²) in [5.74, 6) is 0.824. The second-order valence-electron chi connectivity index (χ2n) is 4.77. The monoisotopic (exact) mass is 384 g/mol. The largest absolute Gasteiger partial charge is 0.484 e. The topological polar surface area (TPSA) is 68.3 Å². The lowest BCUT2D eigenvalue weighted by Gasteiger charge is -2.05. The molecule has 0 bridgehead atoms. The van der Waals surface area contributed by atoms with Gasteiger partial charge in [-0.2, -0.15) is 14.9 Å². The minimum Gasteiger partial charge on any atom is -0.484 e. The van der Waals surface area contributed by atoms with E-state index in [9.17, 15) is 8.78 Å². The molecular formula is C15H11ClF2N4O2S. The van der Waals surface area contributed by atoms with Crippen LogP contribution in [0.1, 0.15) is 23.8 Å². The van der Waals surface area contributed by atoms with Crippen LogP contribution in [-0.4, -0.2) is 21.1 Å². The van der Waals surface area contributed by atoms with E-state index in [4.69, 9.17) is 33.0 Å². The molecule has 0 aliphatic carbocycles. The molecule has 0 atom stereocenters. The first-order chi connectivity index (χ1) is 12.0. The van der Waals surface area contributed by atoms with Crippen molar-refractivity contribution < 1.29 is 17.9 Å². The van der Waals surface area contributed by atoms with Gasteiger partial charge in [0.15, 0.2) is 0 Å². The highest BCUT2D eigenvalue weighted by Gasteiger charge is 2.16. The maximum absolute atomic E-state index is 12.8. The van der Waals surface area contributed by atoms with Gasteiger partial charge in [-0.1, -0.05) is 23.7 Å². The number of hydrogen-bond donors (Lipinski definition) is 1. The Balaban J connectivity index is 1.69. The Morgan fingerprint density at radius 2 is 2.16 bits per heavy atom. The zero-order valence-corrected chi connectivity index (χ0v) is 14.1. The van der Waals surface area contributed by atoms with Crippen molar-refractivity contribution in [3.8, 4) is 5.75 Å². The Labute approximate surface area is 150 Å². The Hall–Kier alpha value is -2.52. The lowest BCUT2D eigenvalue weighted by Crippen LogP contribution is -1.99. The zero-order chi connectivity index (χ0) is 17.8. The van der Waals surface area contributed by atoms with Gasteiger partial charge in [0.1, 0.15) is 23.9 Å². The van der Waals surface area contributed by atoms with E-state index in [1.807, 2.05) is 0 Å². The number of H-pyrrole nitrogens is 1. The number of para-hydroxylation sites is 1. The van der Waals surface area contributed by atoms with Crippen LogP contribution in [0.15, 0.2) is 45.9 Å². The maximum Gasteiger partial charge on any atom is 0.299 e. The third kappa shape index (κ3) is 4.12. The fourth-order valence-electron chi connectivity index (χ4n) is 1.92. The molecule has 0 unspecified atom stereocenters. The smallest absolute Gasteiger partial charge is 0.299 e. The third-order valence-electron chi connectivity index (χ3n) is 3.06. The predicted molar refractivity (Wildman–Crippen MR) is 89.9 cm³/mol. The van der Waals surface area contributed by atoms with Gasteiger partial charge in [0.2, 0.25) is 10.6 Å². The van der Waals surface area contributed by atoms with Crippen LogP contribution in [0.4, 0.5) is 8.78 Å². The molecule has 3 rings (SSSR count). The van der Waals surface area contributed by atoms with Gasteiger partial charge in [-0.15, -0.1) is 0 Å². The number of aromatic nitrogens is 3. The first-order valence-corrected chi connectivity index (χ1v) is 7.79. The standard InChI is InChI=1S/C15H11ClF2N4O2S/c16-11-3-1-2-4-12(11)23-8-10-6-5-9(24-10)7-19-22-14(13(17)18)20-21-15(22)25/h1-7,13H,8H2,(H,21,25)/b19-7-. The highest BCUT2D eigenvalue weighted by molar-refractivity contribution is 7.71. The van der Waals surface area contributed by atoms with Crippen molar-refractivity contribution >= 4 is 30.0 Å². The molecule has 0 spiro atoms. The van der Waals surface area contributed by atoms with Crippen molar-refractivity contribution in [2.45, 2.75) is 13.0 Å². The summed E-state index contributed by atoms with van der Waals surface area (Å²) in [5.41, 5.74) is 0. The molecule has 0 amide bonds. The Morgan fingerprint density at radius 1 is 1.36 bits per heavy atom. The zero-order valence-electron chi connectivity index (χ0n) is 12.5. The van der Waals surface area contributed by atoms with Crippen LogP contribution in [0.5, 0.6) is 5.75 Å². The normalized spacial score (nSPS) is 11.5. The fraction of sp³-hybridized carbons (Fsp3) is 0.133. The van der Waals surface area contributed by atoms with Crippen LogP contribution >= 0.6 is 23.8 Å². The van der Waals surface area contributed by atoms with Gasteiger partial charge in [-0.05, 0) is 36.5 Å². The van der Waals surface area contributed by atoms with Crippen molar-refractivity contribution in [1.82, 2.24) is 14.9 Å². The number of rotatable bonds is 6.